The first-order chi connectivity index (χ1) is 12.4. The third-order valence-electron chi connectivity index (χ3n) is 4.37. The number of hydrogen-bond acceptors (Lipinski definition) is 5. The number of thioether (sulfide) groups is 1. The first-order valence-corrected chi connectivity index (χ1v) is 10.9. The molecule has 1 aromatic carbocycles. The largest absolute Gasteiger partial charge is 0.468 e. The Morgan fingerprint density at radius 1 is 1.19 bits per heavy atom. The Labute approximate surface area is 158 Å². The summed E-state index contributed by atoms with van der Waals surface area (Å²) in [5.74, 6) is 1.71. The van der Waals surface area contributed by atoms with Crippen molar-refractivity contribution in [3.05, 3.63) is 54.0 Å². The van der Waals surface area contributed by atoms with E-state index < -0.39 is 10.0 Å². The maximum Gasteiger partial charge on any atom is 0.253 e. The summed E-state index contributed by atoms with van der Waals surface area (Å²) in [4.78, 5) is 14.8. The minimum atomic E-state index is -3.49. The minimum Gasteiger partial charge on any atom is -0.468 e. The van der Waals surface area contributed by atoms with Gasteiger partial charge in [-0.25, -0.2) is 12.7 Å². The average molecular weight is 395 g/mol. The molecule has 1 atom stereocenters. The molecule has 1 fully saturated rings. The maximum atomic E-state index is 12.8. The van der Waals surface area contributed by atoms with E-state index in [-0.39, 0.29) is 16.1 Å². The van der Waals surface area contributed by atoms with Crippen LogP contribution in [0.25, 0.3) is 0 Å². The minimum absolute atomic E-state index is 0.0699. The Morgan fingerprint density at radius 3 is 2.54 bits per heavy atom. The molecule has 2 heterocycles. The third-order valence-corrected chi connectivity index (χ3v) is 7.49. The third kappa shape index (κ3) is 3.97. The summed E-state index contributed by atoms with van der Waals surface area (Å²) < 4.78 is 30.9. The van der Waals surface area contributed by atoms with E-state index in [0.717, 1.165) is 22.2 Å². The summed E-state index contributed by atoms with van der Waals surface area (Å²) in [5, 5.41) is 0.260. The van der Waals surface area contributed by atoms with Crippen LogP contribution in [0, 0.1) is 0 Å². The summed E-state index contributed by atoms with van der Waals surface area (Å²) >= 11 is 1.79. The molecular formula is C18H22N2O4S2. The molecule has 1 saturated heterocycles. The van der Waals surface area contributed by atoms with Crippen LogP contribution < -0.4 is 0 Å². The van der Waals surface area contributed by atoms with Crippen LogP contribution in [0.5, 0.6) is 0 Å². The lowest BCUT2D eigenvalue weighted by Crippen LogP contribution is -2.33. The topological polar surface area (TPSA) is 70.8 Å². The normalized spacial score (nSPS) is 18.7. The quantitative estimate of drug-likeness (QED) is 0.797. The number of benzene rings is 1. The number of rotatable bonds is 4. The monoisotopic (exact) mass is 394 g/mol. The standard InChI is InChI=1S/C18H22N2O4S2/c1-19(2)26(22,23)15-7-5-14(6-8-15)18(21)20-10-9-17(25-13-11-20)16-4-3-12-24-16/h3-8,12,17H,9-11,13H2,1-2H3. The van der Waals surface area contributed by atoms with Gasteiger partial charge in [0.15, 0.2) is 0 Å². The van der Waals surface area contributed by atoms with Crippen molar-refractivity contribution >= 4 is 27.7 Å². The predicted octanol–water partition coefficient (Wildman–Crippen LogP) is 2.85. The van der Waals surface area contributed by atoms with Gasteiger partial charge in [0.2, 0.25) is 10.0 Å². The number of amides is 1. The summed E-state index contributed by atoms with van der Waals surface area (Å²) in [5.41, 5.74) is 0.504. The van der Waals surface area contributed by atoms with E-state index in [1.807, 2.05) is 17.0 Å². The molecule has 0 bridgehead atoms. The number of hydrogen-bond donors (Lipinski definition) is 0. The molecule has 3 rings (SSSR count). The second-order valence-electron chi connectivity index (χ2n) is 6.27. The van der Waals surface area contributed by atoms with E-state index in [0.29, 0.717) is 18.7 Å². The summed E-state index contributed by atoms with van der Waals surface area (Å²) in [7, 11) is -0.518. The molecule has 0 radical (unpaired) electrons. The average Bonchev–Trinajstić information content (AvgIpc) is 3.06. The van der Waals surface area contributed by atoms with Crippen molar-refractivity contribution in [3.8, 4) is 0 Å². The van der Waals surface area contributed by atoms with Gasteiger partial charge in [-0.3, -0.25) is 4.79 Å². The van der Waals surface area contributed by atoms with Crippen LogP contribution in [-0.4, -0.2) is 56.5 Å². The number of carbonyl (C=O) groups excluding carboxylic acids is 1. The zero-order valence-electron chi connectivity index (χ0n) is 14.8. The molecular weight excluding hydrogens is 372 g/mol. The summed E-state index contributed by atoms with van der Waals surface area (Å²) in [6.45, 7) is 1.31. The van der Waals surface area contributed by atoms with Crippen LogP contribution in [0.15, 0.2) is 52.0 Å². The second kappa shape index (κ2) is 7.85. The first-order valence-electron chi connectivity index (χ1n) is 8.36. The highest BCUT2D eigenvalue weighted by Crippen LogP contribution is 2.34. The molecule has 0 spiro atoms. The van der Waals surface area contributed by atoms with Crippen LogP contribution in [0.4, 0.5) is 0 Å². The molecule has 1 aliphatic heterocycles. The van der Waals surface area contributed by atoms with E-state index >= 15 is 0 Å². The van der Waals surface area contributed by atoms with Gasteiger partial charge < -0.3 is 9.32 Å². The maximum absolute atomic E-state index is 12.8. The molecule has 140 valence electrons. The Kier molecular flexibility index (Phi) is 5.74. The van der Waals surface area contributed by atoms with E-state index in [9.17, 15) is 13.2 Å². The Balaban J connectivity index is 1.69. The van der Waals surface area contributed by atoms with Crippen LogP contribution in [0.2, 0.25) is 0 Å². The van der Waals surface area contributed by atoms with Gasteiger partial charge >= 0.3 is 0 Å². The highest BCUT2D eigenvalue weighted by molar-refractivity contribution is 7.99. The number of carbonyl (C=O) groups is 1. The van der Waals surface area contributed by atoms with Gasteiger partial charge in [0.25, 0.3) is 5.91 Å². The number of sulfonamides is 1. The molecule has 2 aromatic rings. The first kappa shape index (κ1) is 19.0. The fraction of sp³-hybridized carbons (Fsp3) is 0.389. The van der Waals surface area contributed by atoms with Crippen LogP contribution in [0.1, 0.15) is 27.8 Å². The van der Waals surface area contributed by atoms with Crippen molar-refractivity contribution in [1.82, 2.24) is 9.21 Å². The van der Waals surface area contributed by atoms with Gasteiger partial charge in [-0.2, -0.15) is 0 Å². The van der Waals surface area contributed by atoms with Crippen molar-refractivity contribution < 1.29 is 17.6 Å². The molecule has 0 N–H and O–H groups in total. The number of nitrogens with zero attached hydrogens (tertiary/aromatic N) is 2. The zero-order chi connectivity index (χ0) is 18.7. The molecule has 1 unspecified atom stereocenters. The lowest BCUT2D eigenvalue weighted by Gasteiger charge is -2.20. The van der Waals surface area contributed by atoms with Crippen LogP contribution in [0.3, 0.4) is 0 Å². The van der Waals surface area contributed by atoms with Crippen LogP contribution in [-0.2, 0) is 10.0 Å². The van der Waals surface area contributed by atoms with Gasteiger partial charge in [0, 0.05) is 38.5 Å². The highest BCUT2D eigenvalue weighted by Gasteiger charge is 2.25. The summed E-state index contributed by atoms with van der Waals surface area (Å²) in [6.07, 6.45) is 2.50. The highest BCUT2D eigenvalue weighted by atomic mass is 32.2. The van der Waals surface area contributed by atoms with Crippen molar-refractivity contribution in [2.75, 3.05) is 32.9 Å². The molecule has 1 aromatic heterocycles. The number of furan rings is 1. The van der Waals surface area contributed by atoms with E-state index in [2.05, 4.69) is 0 Å². The van der Waals surface area contributed by atoms with E-state index in [1.165, 1.54) is 26.2 Å². The molecule has 1 amide bonds. The lowest BCUT2D eigenvalue weighted by molar-refractivity contribution is 0.0766. The molecule has 0 aliphatic carbocycles. The second-order valence-corrected chi connectivity index (χ2v) is 9.73. The smallest absolute Gasteiger partial charge is 0.253 e. The lowest BCUT2D eigenvalue weighted by atomic mass is 10.2. The van der Waals surface area contributed by atoms with E-state index in [1.54, 1.807) is 30.2 Å². The Bertz CT molecular complexity index is 846. The van der Waals surface area contributed by atoms with Crippen molar-refractivity contribution in [1.29, 1.82) is 0 Å². The van der Waals surface area contributed by atoms with Gasteiger partial charge in [-0.15, -0.1) is 11.8 Å². The van der Waals surface area contributed by atoms with Gasteiger partial charge in [-0.1, -0.05) is 0 Å². The molecule has 0 saturated carbocycles. The van der Waals surface area contributed by atoms with Crippen molar-refractivity contribution in [3.63, 3.8) is 0 Å². The Hall–Kier alpha value is -1.77. The predicted molar refractivity (Wildman–Crippen MR) is 102 cm³/mol. The van der Waals surface area contributed by atoms with Crippen molar-refractivity contribution in [2.45, 2.75) is 16.6 Å². The van der Waals surface area contributed by atoms with Crippen LogP contribution >= 0.6 is 11.8 Å². The molecule has 26 heavy (non-hydrogen) atoms. The van der Waals surface area contributed by atoms with Crippen molar-refractivity contribution in [2.24, 2.45) is 0 Å². The van der Waals surface area contributed by atoms with Gasteiger partial charge in [-0.05, 0) is 42.8 Å². The zero-order valence-corrected chi connectivity index (χ0v) is 16.4. The fourth-order valence-electron chi connectivity index (χ4n) is 2.84. The van der Waals surface area contributed by atoms with E-state index in [4.69, 9.17) is 4.42 Å². The molecule has 8 heteroatoms. The van der Waals surface area contributed by atoms with Gasteiger partial charge in [0.05, 0.1) is 16.4 Å². The fourth-order valence-corrected chi connectivity index (χ4v) is 4.92. The molecule has 6 nitrogen and oxygen atoms in total. The van der Waals surface area contributed by atoms with Gasteiger partial charge in [0.1, 0.15) is 5.76 Å². The summed E-state index contributed by atoms with van der Waals surface area (Å²) in [6, 6.07) is 10.00. The Morgan fingerprint density at radius 2 is 1.92 bits per heavy atom. The SMILES string of the molecule is CN(C)S(=O)(=O)c1ccc(C(=O)N2CCSC(c3ccco3)CC2)cc1. The molecule has 1 aliphatic rings.